The fourth-order valence-electron chi connectivity index (χ4n) is 3.98. The largest absolute Gasteiger partial charge is 0.508 e. The summed E-state index contributed by atoms with van der Waals surface area (Å²) in [4.78, 5) is 18.1. The molecule has 4 rings (SSSR count). The molecule has 2 aromatic carbocycles. The van der Waals surface area contributed by atoms with Gasteiger partial charge in [-0.2, -0.15) is 0 Å². The van der Waals surface area contributed by atoms with Gasteiger partial charge in [-0.25, -0.2) is 0 Å². The molecule has 0 saturated carbocycles. The van der Waals surface area contributed by atoms with Crippen LogP contribution in [0.1, 0.15) is 34.8 Å². The smallest absolute Gasteiger partial charge is 0.224 e. The molecule has 0 aliphatic carbocycles. The highest BCUT2D eigenvalue weighted by Gasteiger charge is 2.34. The van der Waals surface area contributed by atoms with E-state index in [0.29, 0.717) is 19.5 Å². The fourth-order valence-corrected chi connectivity index (χ4v) is 3.98. The molecule has 1 aromatic heterocycles. The van der Waals surface area contributed by atoms with Gasteiger partial charge in [0, 0.05) is 36.1 Å². The minimum absolute atomic E-state index is 0.0429. The molecule has 0 radical (unpaired) electrons. The summed E-state index contributed by atoms with van der Waals surface area (Å²) in [5.74, 6) is 0.245. The molecule has 1 aliphatic rings. The Balaban J connectivity index is 1.89. The minimum Gasteiger partial charge on any atom is -0.508 e. The van der Waals surface area contributed by atoms with E-state index < -0.39 is 0 Å². The van der Waals surface area contributed by atoms with Crippen LogP contribution < -0.4 is 5.73 Å². The van der Waals surface area contributed by atoms with Crippen molar-refractivity contribution in [2.24, 2.45) is 5.73 Å². The zero-order valence-corrected chi connectivity index (χ0v) is 14.8. The van der Waals surface area contributed by atoms with E-state index in [2.05, 4.69) is 30.1 Å². The van der Waals surface area contributed by atoms with Gasteiger partial charge in [0.15, 0.2) is 0 Å². The molecule has 2 heterocycles. The van der Waals surface area contributed by atoms with Crippen LogP contribution in [0.3, 0.4) is 0 Å². The molecule has 1 atom stereocenters. The van der Waals surface area contributed by atoms with Gasteiger partial charge in [0.2, 0.25) is 5.91 Å². The van der Waals surface area contributed by atoms with Crippen molar-refractivity contribution >= 4 is 16.8 Å². The van der Waals surface area contributed by atoms with E-state index in [4.69, 9.17) is 5.73 Å². The number of nitrogens with one attached hydrogen (secondary N) is 1. The Labute approximate surface area is 152 Å². The molecule has 0 bridgehead atoms. The number of phenolic OH excluding ortho intramolecular Hbond substituents is 1. The van der Waals surface area contributed by atoms with Gasteiger partial charge in [-0.05, 0) is 48.7 Å². The van der Waals surface area contributed by atoms with E-state index in [9.17, 15) is 9.90 Å². The van der Waals surface area contributed by atoms with Crippen LogP contribution in [-0.4, -0.2) is 34.0 Å². The van der Waals surface area contributed by atoms with Crippen LogP contribution in [-0.2, 0) is 11.2 Å². The molecule has 5 heteroatoms. The summed E-state index contributed by atoms with van der Waals surface area (Å²) >= 11 is 0. The molecule has 0 fully saturated rings. The second-order valence-corrected chi connectivity index (χ2v) is 6.94. The zero-order chi connectivity index (χ0) is 18.3. The van der Waals surface area contributed by atoms with E-state index in [1.54, 1.807) is 12.1 Å². The van der Waals surface area contributed by atoms with Crippen LogP contribution in [0.5, 0.6) is 5.75 Å². The molecule has 0 spiro atoms. The second-order valence-electron chi connectivity index (χ2n) is 6.94. The Morgan fingerprint density at radius 2 is 2.15 bits per heavy atom. The number of aryl methyl sites for hydroxylation is 1. The van der Waals surface area contributed by atoms with E-state index in [1.807, 2.05) is 17.0 Å². The maximum atomic E-state index is 12.7. The topological polar surface area (TPSA) is 82.4 Å². The Kier molecular flexibility index (Phi) is 4.17. The molecular weight excluding hydrogens is 326 g/mol. The highest BCUT2D eigenvalue weighted by molar-refractivity contribution is 5.87. The van der Waals surface area contributed by atoms with Gasteiger partial charge in [-0.1, -0.05) is 23.8 Å². The molecule has 134 valence electrons. The van der Waals surface area contributed by atoms with Crippen LogP contribution in [0.4, 0.5) is 0 Å². The number of H-pyrrole nitrogens is 1. The number of rotatable bonds is 3. The average Bonchev–Trinajstić information content (AvgIpc) is 2.99. The normalized spacial score (nSPS) is 16.7. The van der Waals surface area contributed by atoms with Crippen molar-refractivity contribution in [1.82, 2.24) is 9.88 Å². The summed E-state index contributed by atoms with van der Waals surface area (Å²) < 4.78 is 0. The summed E-state index contributed by atoms with van der Waals surface area (Å²) in [5.41, 5.74) is 11.1. The van der Waals surface area contributed by atoms with Gasteiger partial charge < -0.3 is 20.7 Å². The molecule has 26 heavy (non-hydrogen) atoms. The fraction of sp³-hybridized carbons (Fsp3) is 0.286. The first-order valence-electron chi connectivity index (χ1n) is 8.98. The Hall–Kier alpha value is -2.79. The standard InChI is InChI=1S/C21H23N3O2/c1-13-5-6-18-17(11-13)16-8-10-24(19(26)7-9-22)21(20(16)23-18)14-3-2-4-15(25)12-14/h2-6,11-12,21,23,25H,7-10,22H2,1H3. The number of benzene rings is 2. The maximum absolute atomic E-state index is 12.7. The number of carbonyl (C=O) groups excluding carboxylic acids is 1. The minimum atomic E-state index is -0.238. The van der Waals surface area contributed by atoms with Crippen LogP contribution in [0.2, 0.25) is 0 Å². The van der Waals surface area contributed by atoms with Gasteiger partial charge in [0.05, 0.1) is 6.04 Å². The predicted molar refractivity (Wildman–Crippen MR) is 102 cm³/mol. The van der Waals surface area contributed by atoms with Gasteiger partial charge in [-0.15, -0.1) is 0 Å². The molecule has 1 unspecified atom stereocenters. The van der Waals surface area contributed by atoms with Crippen LogP contribution in [0.15, 0.2) is 42.5 Å². The molecular formula is C21H23N3O2. The number of nitrogens with zero attached hydrogens (tertiary/aromatic N) is 1. The maximum Gasteiger partial charge on any atom is 0.224 e. The van der Waals surface area contributed by atoms with Crippen molar-refractivity contribution in [2.45, 2.75) is 25.8 Å². The van der Waals surface area contributed by atoms with E-state index >= 15 is 0 Å². The molecule has 3 aromatic rings. The summed E-state index contributed by atoms with van der Waals surface area (Å²) in [6, 6.07) is 13.3. The lowest BCUT2D eigenvalue weighted by atomic mass is 9.91. The van der Waals surface area contributed by atoms with Gasteiger partial charge >= 0.3 is 0 Å². The van der Waals surface area contributed by atoms with Crippen LogP contribution >= 0.6 is 0 Å². The van der Waals surface area contributed by atoms with Crippen LogP contribution in [0, 0.1) is 6.92 Å². The van der Waals surface area contributed by atoms with Crippen molar-refractivity contribution in [3.05, 3.63) is 64.8 Å². The first kappa shape index (κ1) is 16.7. The summed E-state index contributed by atoms with van der Waals surface area (Å²) in [7, 11) is 0. The van der Waals surface area contributed by atoms with Gasteiger partial charge in [-0.3, -0.25) is 4.79 Å². The average molecular weight is 349 g/mol. The van der Waals surface area contributed by atoms with Crippen molar-refractivity contribution in [3.63, 3.8) is 0 Å². The summed E-state index contributed by atoms with van der Waals surface area (Å²) in [6.45, 7) is 3.07. The predicted octanol–water partition coefficient (Wildman–Crippen LogP) is 3.00. The first-order valence-corrected chi connectivity index (χ1v) is 8.98. The number of phenols is 1. The highest BCUT2D eigenvalue weighted by Crippen LogP contribution is 2.39. The van der Waals surface area contributed by atoms with Gasteiger partial charge in [0.1, 0.15) is 5.75 Å². The molecule has 5 nitrogen and oxygen atoms in total. The first-order chi connectivity index (χ1) is 12.6. The van der Waals surface area contributed by atoms with Crippen molar-refractivity contribution in [2.75, 3.05) is 13.1 Å². The van der Waals surface area contributed by atoms with Crippen molar-refractivity contribution in [1.29, 1.82) is 0 Å². The number of aromatic hydroxyl groups is 1. The number of nitrogens with two attached hydrogens (primary N) is 1. The summed E-state index contributed by atoms with van der Waals surface area (Å²) in [5, 5.41) is 11.2. The lowest BCUT2D eigenvalue weighted by Crippen LogP contribution is -2.41. The number of hydrogen-bond donors (Lipinski definition) is 3. The van der Waals surface area contributed by atoms with Crippen molar-refractivity contribution < 1.29 is 9.90 Å². The van der Waals surface area contributed by atoms with Crippen LogP contribution in [0.25, 0.3) is 10.9 Å². The monoisotopic (exact) mass is 349 g/mol. The zero-order valence-electron chi connectivity index (χ0n) is 14.8. The number of amides is 1. The molecule has 1 aliphatic heterocycles. The van der Waals surface area contributed by atoms with E-state index in [-0.39, 0.29) is 17.7 Å². The lowest BCUT2D eigenvalue weighted by Gasteiger charge is -2.36. The second kappa shape index (κ2) is 6.50. The quantitative estimate of drug-likeness (QED) is 0.680. The highest BCUT2D eigenvalue weighted by atomic mass is 16.3. The van der Waals surface area contributed by atoms with Gasteiger partial charge in [0.25, 0.3) is 0 Å². The number of fused-ring (bicyclic) bond motifs is 3. The number of aromatic amines is 1. The molecule has 0 saturated heterocycles. The number of hydrogen-bond acceptors (Lipinski definition) is 3. The summed E-state index contributed by atoms with van der Waals surface area (Å²) in [6.07, 6.45) is 1.13. The van der Waals surface area contributed by atoms with E-state index in [0.717, 1.165) is 23.2 Å². The Morgan fingerprint density at radius 3 is 2.92 bits per heavy atom. The Bertz CT molecular complexity index is 977. The molecule has 1 amide bonds. The third-order valence-electron chi connectivity index (χ3n) is 5.15. The number of aromatic nitrogens is 1. The lowest BCUT2D eigenvalue weighted by molar-refractivity contribution is -0.133. The van der Waals surface area contributed by atoms with Crippen molar-refractivity contribution in [3.8, 4) is 5.75 Å². The Morgan fingerprint density at radius 1 is 1.31 bits per heavy atom. The molecule has 4 N–H and O–H groups in total. The van der Waals surface area contributed by atoms with E-state index in [1.165, 1.54) is 16.5 Å². The third-order valence-corrected chi connectivity index (χ3v) is 5.15. The number of carbonyl (C=O) groups is 1. The third kappa shape index (κ3) is 2.74. The SMILES string of the molecule is Cc1ccc2[nH]c3c(c2c1)CCN(C(=O)CCN)C3c1cccc(O)c1.